The molecule has 298 valence electrons. The van der Waals surface area contributed by atoms with Crippen LogP contribution in [0, 0.1) is 0 Å². The summed E-state index contributed by atoms with van der Waals surface area (Å²) >= 11 is 0. The van der Waals surface area contributed by atoms with Gasteiger partial charge in [0.05, 0.1) is 11.0 Å². The molecule has 0 fully saturated rings. The number of nitrogens with zero attached hydrogens (tertiary/aromatic N) is 4. The van der Waals surface area contributed by atoms with Gasteiger partial charge < -0.3 is 17.8 Å². The summed E-state index contributed by atoms with van der Waals surface area (Å²) in [6.45, 7) is 0. The number of fused-ring (bicyclic) bond motifs is 12. The highest BCUT2D eigenvalue weighted by Crippen LogP contribution is 2.43. The number of hydrogen-bond acceptors (Lipinski definition) is 6. The lowest BCUT2D eigenvalue weighted by molar-refractivity contribution is 0.668. The van der Waals surface area contributed by atoms with Gasteiger partial charge >= 0.3 is 0 Å². The van der Waals surface area contributed by atoms with Crippen LogP contribution in [0.2, 0.25) is 0 Å². The predicted octanol–water partition coefficient (Wildman–Crippen LogP) is 15.3. The second kappa shape index (κ2) is 13.3. The lowest BCUT2D eigenvalue weighted by Gasteiger charge is -2.09. The Bertz CT molecular complexity index is 4080. The zero-order valence-corrected chi connectivity index (χ0v) is 34.0. The predicted molar refractivity (Wildman–Crippen MR) is 258 cm³/mol. The molecule has 0 aliphatic heterocycles. The van der Waals surface area contributed by atoms with Crippen LogP contribution in [-0.2, 0) is 0 Å². The van der Waals surface area contributed by atoms with E-state index in [0.717, 1.165) is 105 Å². The summed E-state index contributed by atoms with van der Waals surface area (Å²) in [5, 5.41) is 8.50. The van der Waals surface area contributed by atoms with Gasteiger partial charge in [-0.15, -0.1) is 0 Å². The van der Waals surface area contributed by atoms with E-state index in [-0.39, 0.29) is 0 Å². The van der Waals surface area contributed by atoms with E-state index in [1.165, 1.54) is 16.3 Å². The maximum Gasteiger partial charge on any atom is 0.164 e. The summed E-state index contributed by atoms with van der Waals surface area (Å²) in [6.07, 6.45) is 0. The van der Waals surface area contributed by atoms with E-state index < -0.39 is 0 Å². The van der Waals surface area contributed by atoms with E-state index in [9.17, 15) is 0 Å². The Morgan fingerprint density at radius 2 is 0.844 bits per heavy atom. The third-order valence-electron chi connectivity index (χ3n) is 12.7. The van der Waals surface area contributed by atoms with Gasteiger partial charge in [0, 0.05) is 71.0 Å². The molecular formula is C57H32N4O3. The zero-order chi connectivity index (χ0) is 41.9. The molecule has 7 heteroatoms. The maximum atomic E-state index is 6.86. The lowest BCUT2D eigenvalue weighted by atomic mass is 9.99. The minimum absolute atomic E-state index is 0.528. The minimum atomic E-state index is 0.528. The van der Waals surface area contributed by atoms with Crippen molar-refractivity contribution in [2.75, 3.05) is 0 Å². The molecule has 0 bridgehead atoms. The van der Waals surface area contributed by atoms with E-state index in [1.807, 2.05) is 60.7 Å². The van der Waals surface area contributed by atoms with Crippen LogP contribution in [0.1, 0.15) is 0 Å². The molecule has 0 unspecified atom stereocenters. The fourth-order valence-corrected chi connectivity index (χ4v) is 9.74. The van der Waals surface area contributed by atoms with Crippen molar-refractivity contribution in [1.29, 1.82) is 0 Å². The molecule has 5 aromatic heterocycles. The van der Waals surface area contributed by atoms with Gasteiger partial charge in [-0.3, -0.25) is 0 Å². The first-order chi connectivity index (χ1) is 31.7. The van der Waals surface area contributed by atoms with Gasteiger partial charge in [0.15, 0.2) is 17.5 Å². The average Bonchev–Trinajstić information content (AvgIpc) is 4.12. The molecule has 0 amide bonds. The number of aromatic nitrogens is 4. The third kappa shape index (κ3) is 5.18. The van der Waals surface area contributed by atoms with Crippen LogP contribution in [0.5, 0.6) is 0 Å². The molecule has 14 aromatic rings. The van der Waals surface area contributed by atoms with Crippen molar-refractivity contribution in [3.05, 3.63) is 194 Å². The monoisotopic (exact) mass is 820 g/mol. The molecule has 0 saturated carbocycles. The summed E-state index contributed by atoms with van der Waals surface area (Å²) in [5.41, 5.74) is 12.8. The standard InChI is InChI=1S/C57H32N4O3/c1-2-12-36(13-3-1)61-46-20-7-4-14-38(46)45-30-33(26-29-47(45)61)37-17-10-18-43-53-44(19-11-23-50(53)64-54(37)43)57-59-55(34-24-27-41-39-15-5-8-21-48(39)62-51(41)31-34)58-56(60-57)35-25-28-42-40-16-6-9-22-49(40)63-52(42)32-35/h1-32H. The zero-order valence-electron chi connectivity index (χ0n) is 34.0. The van der Waals surface area contributed by atoms with E-state index >= 15 is 0 Å². The summed E-state index contributed by atoms with van der Waals surface area (Å²) < 4.78 is 21.9. The smallest absolute Gasteiger partial charge is 0.164 e. The van der Waals surface area contributed by atoms with Crippen LogP contribution in [0.4, 0.5) is 0 Å². The molecule has 0 aliphatic carbocycles. The van der Waals surface area contributed by atoms with E-state index in [4.69, 9.17) is 28.2 Å². The maximum absolute atomic E-state index is 6.86. The van der Waals surface area contributed by atoms with E-state index in [2.05, 4.69) is 138 Å². The first-order valence-corrected chi connectivity index (χ1v) is 21.3. The van der Waals surface area contributed by atoms with Crippen LogP contribution >= 0.6 is 0 Å². The Morgan fingerprint density at radius 3 is 1.56 bits per heavy atom. The van der Waals surface area contributed by atoms with Crippen molar-refractivity contribution >= 4 is 87.6 Å². The van der Waals surface area contributed by atoms with Gasteiger partial charge in [0.1, 0.15) is 33.5 Å². The van der Waals surface area contributed by atoms with Gasteiger partial charge in [-0.2, -0.15) is 0 Å². The number of furan rings is 3. The number of rotatable bonds is 5. The van der Waals surface area contributed by atoms with Crippen LogP contribution in [0.3, 0.4) is 0 Å². The SMILES string of the molecule is c1ccc(-n2c3ccccc3c3cc(-c4cccc5c4oc4cccc(-c6nc(-c7ccc8c(c7)oc7ccccc78)nc(-c7ccc8c(c7)oc7ccccc78)n6)c45)ccc32)cc1. The molecule has 0 saturated heterocycles. The Kier molecular flexibility index (Phi) is 7.27. The Labute approximate surface area is 364 Å². The topological polar surface area (TPSA) is 83.0 Å². The van der Waals surface area contributed by atoms with Crippen LogP contribution in [0.15, 0.2) is 207 Å². The van der Waals surface area contributed by atoms with Crippen molar-refractivity contribution in [2.45, 2.75) is 0 Å². The summed E-state index contributed by atoms with van der Waals surface area (Å²) in [5.74, 6) is 1.59. The summed E-state index contributed by atoms with van der Waals surface area (Å²) in [6, 6.07) is 66.9. The Hall–Kier alpha value is -8.81. The highest BCUT2D eigenvalue weighted by molar-refractivity contribution is 6.16. The van der Waals surface area contributed by atoms with Crippen molar-refractivity contribution in [3.8, 4) is 51.0 Å². The summed E-state index contributed by atoms with van der Waals surface area (Å²) in [4.78, 5) is 15.6. The Morgan fingerprint density at radius 1 is 0.312 bits per heavy atom. The van der Waals surface area contributed by atoms with E-state index in [0.29, 0.717) is 17.5 Å². The first kappa shape index (κ1) is 34.9. The van der Waals surface area contributed by atoms with Gasteiger partial charge in [0.25, 0.3) is 0 Å². The van der Waals surface area contributed by atoms with Crippen LogP contribution in [-0.4, -0.2) is 19.5 Å². The molecule has 0 atom stereocenters. The number of hydrogen-bond donors (Lipinski definition) is 0. The normalized spacial score (nSPS) is 12.1. The molecule has 7 nitrogen and oxygen atoms in total. The van der Waals surface area contributed by atoms with Crippen molar-refractivity contribution in [3.63, 3.8) is 0 Å². The van der Waals surface area contributed by atoms with Gasteiger partial charge in [-0.25, -0.2) is 15.0 Å². The number of para-hydroxylation sites is 5. The minimum Gasteiger partial charge on any atom is -0.456 e. The first-order valence-electron chi connectivity index (χ1n) is 21.3. The largest absolute Gasteiger partial charge is 0.456 e. The second-order valence-corrected chi connectivity index (χ2v) is 16.3. The highest BCUT2D eigenvalue weighted by Gasteiger charge is 2.22. The molecule has 0 radical (unpaired) electrons. The highest BCUT2D eigenvalue weighted by atomic mass is 16.3. The quantitative estimate of drug-likeness (QED) is 0.172. The third-order valence-corrected chi connectivity index (χ3v) is 12.7. The molecule has 0 spiro atoms. The molecule has 9 aromatic carbocycles. The van der Waals surface area contributed by atoms with E-state index in [1.54, 1.807) is 0 Å². The van der Waals surface area contributed by atoms with Gasteiger partial charge in [0.2, 0.25) is 0 Å². The molecule has 14 rings (SSSR count). The lowest BCUT2D eigenvalue weighted by Crippen LogP contribution is -2.00. The Balaban J connectivity index is 0.962. The van der Waals surface area contributed by atoms with Crippen LogP contribution in [0.25, 0.3) is 139 Å². The average molecular weight is 821 g/mol. The van der Waals surface area contributed by atoms with Crippen molar-refractivity contribution in [1.82, 2.24) is 19.5 Å². The molecule has 64 heavy (non-hydrogen) atoms. The molecular weight excluding hydrogens is 789 g/mol. The molecule has 5 heterocycles. The fraction of sp³-hybridized carbons (Fsp3) is 0. The fourth-order valence-electron chi connectivity index (χ4n) is 9.74. The van der Waals surface area contributed by atoms with Crippen LogP contribution < -0.4 is 0 Å². The van der Waals surface area contributed by atoms with Gasteiger partial charge in [-0.1, -0.05) is 121 Å². The summed E-state index contributed by atoms with van der Waals surface area (Å²) in [7, 11) is 0. The van der Waals surface area contributed by atoms with Crippen molar-refractivity contribution < 1.29 is 13.3 Å². The van der Waals surface area contributed by atoms with Crippen molar-refractivity contribution in [2.24, 2.45) is 0 Å². The molecule has 0 N–H and O–H groups in total. The van der Waals surface area contributed by atoms with Gasteiger partial charge in [-0.05, 0) is 78.4 Å². The second-order valence-electron chi connectivity index (χ2n) is 16.3. The molecule has 0 aliphatic rings. The number of benzene rings is 9.